The predicted molar refractivity (Wildman–Crippen MR) is 95.2 cm³/mol. The first kappa shape index (κ1) is 16.7. The summed E-state index contributed by atoms with van der Waals surface area (Å²) in [6.07, 6.45) is 8.18. The van der Waals surface area contributed by atoms with Crippen molar-refractivity contribution in [1.82, 2.24) is 5.32 Å². The number of rotatable bonds is 6. The molecule has 5 nitrogen and oxygen atoms in total. The lowest BCUT2D eigenvalue weighted by molar-refractivity contribution is -0.127. The average Bonchev–Trinajstić information content (AvgIpc) is 2.98. The first-order chi connectivity index (χ1) is 12.0. The van der Waals surface area contributed by atoms with Gasteiger partial charge in [0, 0.05) is 6.54 Å². The maximum atomic E-state index is 12.1. The summed E-state index contributed by atoms with van der Waals surface area (Å²) in [7, 11) is 0. The molecule has 25 heavy (non-hydrogen) atoms. The highest BCUT2D eigenvalue weighted by Gasteiger charge is 2.50. The minimum atomic E-state index is -0.0806. The summed E-state index contributed by atoms with van der Waals surface area (Å²) in [5.41, 5.74) is 0.997. The number of hydrogen-bond donors (Lipinski definition) is 1. The largest absolute Gasteiger partial charge is 0.460 e. The zero-order chi connectivity index (χ0) is 17.4. The van der Waals surface area contributed by atoms with Crippen molar-refractivity contribution in [3.05, 3.63) is 23.7 Å². The van der Waals surface area contributed by atoms with Gasteiger partial charge in [0.1, 0.15) is 11.5 Å². The fraction of sp³-hybridized carbons (Fsp3) is 0.700. The van der Waals surface area contributed by atoms with E-state index in [1.807, 2.05) is 26.0 Å². The molecule has 0 spiro atoms. The Morgan fingerprint density at radius 3 is 2.44 bits per heavy atom. The quantitative estimate of drug-likeness (QED) is 0.633. The minimum Gasteiger partial charge on any atom is -0.460 e. The molecule has 1 aromatic heterocycles. The monoisotopic (exact) mass is 344 g/mol. The van der Waals surface area contributed by atoms with E-state index in [4.69, 9.17) is 9.25 Å². The predicted octanol–water partition coefficient (Wildman–Crippen LogP) is 3.66. The van der Waals surface area contributed by atoms with E-state index in [9.17, 15) is 4.79 Å². The molecule has 5 heteroatoms. The zero-order valence-corrected chi connectivity index (χ0v) is 15.2. The summed E-state index contributed by atoms with van der Waals surface area (Å²) in [6, 6.07) is 3.73. The maximum absolute atomic E-state index is 12.1. The van der Waals surface area contributed by atoms with E-state index in [1.54, 1.807) is 0 Å². The van der Waals surface area contributed by atoms with Crippen molar-refractivity contribution in [1.29, 1.82) is 0 Å². The Hall–Kier alpha value is -1.78. The van der Waals surface area contributed by atoms with Crippen LogP contribution in [0.1, 0.15) is 57.0 Å². The highest BCUT2D eigenvalue weighted by molar-refractivity contribution is 5.95. The maximum Gasteiger partial charge on any atom is 0.260 e. The van der Waals surface area contributed by atoms with Crippen molar-refractivity contribution in [2.24, 2.45) is 28.3 Å². The summed E-state index contributed by atoms with van der Waals surface area (Å²) in [4.78, 5) is 17.3. The van der Waals surface area contributed by atoms with E-state index in [0.29, 0.717) is 16.9 Å². The summed E-state index contributed by atoms with van der Waals surface area (Å²) >= 11 is 0. The molecule has 0 aromatic carbocycles. The highest BCUT2D eigenvalue weighted by Crippen LogP contribution is 2.59. The van der Waals surface area contributed by atoms with Crippen LogP contribution >= 0.6 is 0 Å². The molecule has 0 atom stereocenters. The number of hydrogen-bond acceptors (Lipinski definition) is 4. The van der Waals surface area contributed by atoms with Crippen LogP contribution in [0.4, 0.5) is 0 Å². The standard InChI is InChI=1S/C20H28N2O3/c1-13-3-4-18(25-13)14(2)22-24-11-19(23)21-12-20-8-15-5-16(9-20)7-17(6-15)10-20/h3-4,15-17H,5-12H2,1-2H3,(H,21,23)/b22-14-. The van der Waals surface area contributed by atoms with Gasteiger partial charge in [0.15, 0.2) is 12.4 Å². The Morgan fingerprint density at radius 1 is 1.24 bits per heavy atom. The van der Waals surface area contributed by atoms with E-state index in [0.717, 1.165) is 30.1 Å². The second-order valence-electron chi connectivity index (χ2n) is 8.55. The molecule has 4 aliphatic rings. The van der Waals surface area contributed by atoms with Gasteiger partial charge in [-0.15, -0.1) is 0 Å². The van der Waals surface area contributed by atoms with E-state index in [-0.39, 0.29) is 12.5 Å². The molecule has 0 unspecified atom stereocenters. The molecule has 1 heterocycles. The van der Waals surface area contributed by atoms with Gasteiger partial charge in [-0.1, -0.05) is 5.16 Å². The van der Waals surface area contributed by atoms with Crippen LogP contribution in [-0.4, -0.2) is 24.8 Å². The van der Waals surface area contributed by atoms with Crippen LogP contribution in [0.5, 0.6) is 0 Å². The number of oxime groups is 1. The highest BCUT2D eigenvalue weighted by atomic mass is 16.6. The molecule has 1 amide bonds. The lowest BCUT2D eigenvalue weighted by Crippen LogP contribution is -2.51. The van der Waals surface area contributed by atoms with Crippen molar-refractivity contribution in [2.45, 2.75) is 52.4 Å². The third kappa shape index (κ3) is 3.60. The van der Waals surface area contributed by atoms with E-state index >= 15 is 0 Å². The normalized spacial score (nSPS) is 33.5. The second-order valence-corrected chi connectivity index (χ2v) is 8.55. The molecule has 1 aromatic rings. The number of furan rings is 1. The topological polar surface area (TPSA) is 63.8 Å². The van der Waals surface area contributed by atoms with Gasteiger partial charge in [0.25, 0.3) is 5.91 Å². The van der Waals surface area contributed by atoms with Crippen LogP contribution in [-0.2, 0) is 9.63 Å². The molecule has 4 fully saturated rings. The molecule has 0 radical (unpaired) electrons. The zero-order valence-electron chi connectivity index (χ0n) is 15.2. The Morgan fingerprint density at radius 2 is 1.88 bits per heavy atom. The van der Waals surface area contributed by atoms with Gasteiger partial charge >= 0.3 is 0 Å². The Labute approximate surface area is 149 Å². The smallest absolute Gasteiger partial charge is 0.260 e. The average molecular weight is 344 g/mol. The van der Waals surface area contributed by atoms with Crippen LogP contribution in [0.2, 0.25) is 0 Å². The summed E-state index contributed by atoms with van der Waals surface area (Å²) in [5, 5.41) is 7.09. The summed E-state index contributed by atoms with van der Waals surface area (Å²) < 4.78 is 5.48. The van der Waals surface area contributed by atoms with Crippen molar-refractivity contribution >= 4 is 11.6 Å². The number of nitrogens with one attached hydrogen (secondary N) is 1. The number of carbonyl (C=O) groups excluding carboxylic acids is 1. The fourth-order valence-electron chi connectivity index (χ4n) is 5.71. The number of carbonyl (C=O) groups is 1. The van der Waals surface area contributed by atoms with Gasteiger partial charge in [0.2, 0.25) is 0 Å². The number of nitrogens with zero attached hydrogens (tertiary/aromatic N) is 1. The van der Waals surface area contributed by atoms with Gasteiger partial charge in [-0.05, 0) is 87.7 Å². The van der Waals surface area contributed by atoms with Gasteiger partial charge in [-0.25, -0.2) is 0 Å². The molecular weight excluding hydrogens is 316 g/mol. The van der Waals surface area contributed by atoms with Crippen LogP contribution in [0.3, 0.4) is 0 Å². The molecule has 0 aliphatic heterocycles. The second kappa shape index (κ2) is 6.50. The third-order valence-corrected chi connectivity index (χ3v) is 6.32. The third-order valence-electron chi connectivity index (χ3n) is 6.32. The van der Waals surface area contributed by atoms with Gasteiger partial charge in [-0.3, -0.25) is 4.79 Å². The van der Waals surface area contributed by atoms with Gasteiger partial charge < -0.3 is 14.6 Å². The van der Waals surface area contributed by atoms with Crippen molar-refractivity contribution in [3.63, 3.8) is 0 Å². The lowest BCUT2D eigenvalue weighted by Gasteiger charge is -2.56. The van der Waals surface area contributed by atoms with Gasteiger partial charge in [0.05, 0.1) is 0 Å². The fourth-order valence-corrected chi connectivity index (χ4v) is 5.71. The van der Waals surface area contributed by atoms with Crippen molar-refractivity contribution < 1.29 is 14.0 Å². The van der Waals surface area contributed by atoms with Crippen LogP contribution in [0.25, 0.3) is 0 Å². The molecule has 4 saturated carbocycles. The minimum absolute atomic E-state index is 0.0383. The molecule has 0 saturated heterocycles. The van der Waals surface area contributed by atoms with E-state index < -0.39 is 0 Å². The Balaban J connectivity index is 1.24. The first-order valence-corrected chi connectivity index (χ1v) is 9.51. The Kier molecular flexibility index (Phi) is 4.34. The van der Waals surface area contributed by atoms with Crippen molar-refractivity contribution in [3.8, 4) is 0 Å². The molecular formula is C20H28N2O3. The first-order valence-electron chi connectivity index (χ1n) is 9.51. The van der Waals surface area contributed by atoms with E-state index in [2.05, 4.69) is 10.5 Å². The molecule has 5 rings (SSSR count). The van der Waals surface area contributed by atoms with Crippen LogP contribution in [0, 0.1) is 30.1 Å². The van der Waals surface area contributed by atoms with Crippen molar-refractivity contribution in [2.75, 3.05) is 13.2 Å². The van der Waals surface area contributed by atoms with Gasteiger partial charge in [-0.2, -0.15) is 0 Å². The molecule has 1 N–H and O–H groups in total. The van der Waals surface area contributed by atoms with E-state index in [1.165, 1.54) is 38.5 Å². The number of amides is 1. The summed E-state index contributed by atoms with van der Waals surface area (Å²) in [6.45, 7) is 4.46. The Bertz CT molecular complexity index is 641. The summed E-state index contributed by atoms with van der Waals surface area (Å²) in [5.74, 6) is 4.14. The SMILES string of the molecule is C/C(=N/OCC(=O)NCC12CC3CC(CC(C3)C1)C2)c1ccc(C)o1. The molecule has 4 bridgehead atoms. The lowest BCUT2D eigenvalue weighted by atomic mass is 9.49. The molecule has 4 aliphatic carbocycles. The number of aryl methyl sites for hydroxylation is 1. The molecule has 136 valence electrons. The van der Waals surface area contributed by atoms with Crippen LogP contribution in [0.15, 0.2) is 21.7 Å². The van der Waals surface area contributed by atoms with Crippen LogP contribution < -0.4 is 5.32 Å².